The van der Waals surface area contributed by atoms with Crippen molar-refractivity contribution in [2.24, 2.45) is 5.10 Å². The average molecular weight is 448 g/mol. The van der Waals surface area contributed by atoms with Crippen LogP contribution in [0.2, 0.25) is 0 Å². The van der Waals surface area contributed by atoms with E-state index < -0.39 is 16.7 Å². The van der Waals surface area contributed by atoms with Crippen LogP contribution in [-0.4, -0.2) is 36.6 Å². The number of hydrogen-bond donors (Lipinski definition) is 2. The monoisotopic (exact) mass is 448 g/mol. The molecule has 10 heteroatoms. The van der Waals surface area contributed by atoms with E-state index in [1.807, 2.05) is 12.1 Å². The van der Waals surface area contributed by atoms with Crippen molar-refractivity contribution in [1.29, 1.82) is 0 Å². The summed E-state index contributed by atoms with van der Waals surface area (Å²) in [5, 5.41) is 17.1. The Labute approximate surface area is 188 Å². The minimum atomic E-state index is -0.532. The molecule has 0 aliphatic rings. The molecular formula is C23H20N4O6. The molecule has 0 bridgehead atoms. The lowest BCUT2D eigenvalue weighted by molar-refractivity contribution is -0.384. The second-order valence-electron chi connectivity index (χ2n) is 6.60. The lowest BCUT2D eigenvalue weighted by Crippen LogP contribution is -2.34. The van der Waals surface area contributed by atoms with Crippen LogP contribution in [0.15, 0.2) is 76.3 Å². The fourth-order valence-corrected chi connectivity index (χ4v) is 2.75. The van der Waals surface area contributed by atoms with Gasteiger partial charge >= 0.3 is 0 Å². The molecule has 0 atom stereocenters. The van der Waals surface area contributed by atoms with Crippen molar-refractivity contribution < 1.29 is 23.7 Å². The number of nitro groups is 1. The summed E-state index contributed by atoms with van der Waals surface area (Å²) in [7, 11) is 1.54. The summed E-state index contributed by atoms with van der Waals surface area (Å²) in [5.41, 5.74) is 3.49. The number of nitro benzene ring substituents is 1. The second kappa shape index (κ2) is 11.0. The highest BCUT2D eigenvalue weighted by molar-refractivity contribution is 5.94. The highest BCUT2D eigenvalue weighted by Gasteiger charge is 2.10. The molecule has 1 aromatic heterocycles. The molecule has 2 amide bonds. The van der Waals surface area contributed by atoms with Gasteiger partial charge in [0.1, 0.15) is 17.3 Å². The van der Waals surface area contributed by atoms with E-state index in [2.05, 4.69) is 15.8 Å². The van der Waals surface area contributed by atoms with Gasteiger partial charge in [-0.2, -0.15) is 5.10 Å². The van der Waals surface area contributed by atoms with Gasteiger partial charge in [-0.1, -0.05) is 30.3 Å². The zero-order valence-electron chi connectivity index (χ0n) is 17.6. The Morgan fingerprint density at radius 2 is 1.97 bits per heavy atom. The van der Waals surface area contributed by atoms with Crippen molar-refractivity contribution in [2.45, 2.75) is 0 Å². The molecule has 2 N–H and O–H groups in total. The minimum absolute atomic E-state index is 0.0498. The van der Waals surface area contributed by atoms with Crippen LogP contribution in [0.25, 0.3) is 17.4 Å². The zero-order chi connectivity index (χ0) is 23.6. The number of carbonyl (C=O) groups excluding carboxylic acids is 2. The summed E-state index contributed by atoms with van der Waals surface area (Å²) in [6.45, 7) is -0.274. The van der Waals surface area contributed by atoms with Crippen molar-refractivity contribution in [3.63, 3.8) is 0 Å². The van der Waals surface area contributed by atoms with Gasteiger partial charge in [0.25, 0.3) is 11.6 Å². The molecule has 168 valence electrons. The quantitative estimate of drug-likeness (QED) is 0.223. The topological polar surface area (TPSA) is 136 Å². The fourth-order valence-electron chi connectivity index (χ4n) is 2.75. The number of amides is 2. The maximum Gasteiger partial charge on any atom is 0.270 e. The molecule has 0 saturated heterocycles. The molecule has 1 heterocycles. The van der Waals surface area contributed by atoms with E-state index in [-0.39, 0.29) is 12.2 Å². The molecule has 0 aliphatic carbocycles. The predicted octanol–water partition coefficient (Wildman–Crippen LogP) is 3.14. The molecule has 0 radical (unpaired) electrons. The number of nitrogens with one attached hydrogen (secondary N) is 2. The molecule has 33 heavy (non-hydrogen) atoms. The molecule has 0 spiro atoms. The molecule has 3 aromatic rings. The number of hydrogen-bond acceptors (Lipinski definition) is 7. The third-order valence-corrected chi connectivity index (χ3v) is 4.33. The Morgan fingerprint density at radius 1 is 1.15 bits per heavy atom. The highest BCUT2D eigenvalue weighted by Crippen LogP contribution is 2.25. The van der Waals surface area contributed by atoms with Crippen LogP contribution in [0.3, 0.4) is 0 Å². The van der Waals surface area contributed by atoms with Crippen LogP contribution in [0.5, 0.6) is 5.75 Å². The SMILES string of the molecule is COc1ccccc1C=CC(=O)NCC(=O)NN=Cc1ccc(-c2cccc([N+](=O)[O-])c2)o1. The van der Waals surface area contributed by atoms with Crippen LogP contribution in [0.1, 0.15) is 11.3 Å². The Balaban J connectivity index is 1.48. The van der Waals surface area contributed by atoms with Gasteiger partial charge in [0, 0.05) is 29.3 Å². The number of ether oxygens (including phenoxy) is 1. The lowest BCUT2D eigenvalue weighted by Gasteiger charge is -2.03. The van der Waals surface area contributed by atoms with Crippen LogP contribution in [-0.2, 0) is 9.59 Å². The number of methoxy groups -OCH3 is 1. The summed E-state index contributed by atoms with van der Waals surface area (Å²) < 4.78 is 10.8. The highest BCUT2D eigenvalue weighted by atomic mass is 16.6. The smallest absolute Gasteiger partial charge is 0.270 e. The van der Waals surface area contributed by atoms with Gasteiger partial charge in [-0.25, -0.2) is 5.43 Å². The van der Waals surface area contributed by atoms with E-state index in [1.165, 1.54) is 31.5 Å². The Morgan fingerprint density at radius 3 is 2.76 bits per heavy atom. The van der Waals surface area contributed by atoms with Crippen LogP contribution >= 0.6 is 0 Å². The summed E-state index contributed by atoms with van der Waals surface area (Å²) >= 11 is 0. The van der Waals surface area contributed by atoms with E-state index >= 15 is 0 Å². The maximum atomic E-state index is 11.9. The van der Waals surface area contributed by atoms with Gasteiger partial charge in [-0.3, -0.25) is 19.7 Å². The first-order chi connectivity index (χ1) is 16.0. The Hall–Kier alpha value is -4.73. The molecule has 0 saturated carbocycles. The molecule has 2 aromatic carbocycles. The van der Waals surface area contributed by atoms with Crippen LogP contribution in [0.4, 0.5) is 5.69 Å². The molecular weight excluding hydrogens is 428 g/mol. The van der Waals surface area contributed by atoms with Crippen molar-refractivity contribution in [3.05, 3.63) is 88.2 Å². The van der Waals surface area contributed by atoms with E-state index in [0.29, 0.717) is 22.8 Å². The number of furan rings is 1. The third kappa shape index (κ3) is 6.62. The van der Waals surface area contributed by atoms with Crippen molar-refractivity contribution in [2.75, 3.05) is 13.7 Å². The van der Waals surface area contributed by atoms with Gasteiger partial charge in [0.05, 0.1) is 24.8 Å². The maximum absolute atomic E-state index is 11.9. The number of para-hydroxylation sites is 1. The third-order valence-electron chi connectivity index (χ3n) is 4.33. The van der Waals surface area contributed by atoms with E-state index in [4.69, 9.17) is 9.15 Å². The normalized spacial score (nSPS) is 10.9. The number of hydrazone groups is 1. The summed E-state index contributed by atoms with van der Waals surface area (Å²) in [4.78, 5) is 34.2. The molecule has 3 rings (SSSR count). The van der Waals surface area contributed by atoms with Gasteiger partial charge in [0.2, 0.25) is 5.91 Å². The lowest BCUT2D eigenvalue weighted by atomic mass is 10.1. The van der Waals surface area contributed by atoms with Crippen LogP contribution < -0.4 is 15.5 Å². The largest absolute Gasteiger partial charge is 0.496 e. The number of benzene rings is 2. The predicted molar refractivity (Wildman–Crippen MR) is 122 cm³/mol. The van der Waals surface area contributed by atoms with E-state index in [1.54, 1.807) is 42.5 Å². The molecule has 10 nitrogen and oxygen atoms in total. The first-order valence-corrected chi connectivity index (χ1v) is 9.72. The fraction of sp³-hybridized carbons (Fsp3) is 0.0870. The van der Waals surface area contributed by atoms with Gasteiger partial charge in [-0.15, -0.1) is 0 Å². The first kappa shape index (κ1) is 22.9. The molecule has 0 unspecified atom stereocenters. The number of rotatable bonds is 9. The summed E-state index contributed by atoms with van der Waals surface area (Å²) in [6, 6.07) is 16.5. The molecule has 0 fully saturated rings. The van der Waals surface area contributed by atoms with Crippen molar-refractivity contribution >= 4 is 29.8 Å². The van der Waals surface area contributed by atoms with Gasteiger partial charge in [0.15, 0.2) is 0 Å². The standard InChI is InChI=1S/C23H20N4O6/c1-32-20-8-3-2-5-16(20)9-12-22(28)24-15-23(29)26-25-14-19-10-11-21(33-19)17-6-4-7-18(13-17)27(30)31/h2-14H,15H2,1H3,(H,24,28)(H,26,29). The Kier molecular flexibility index (Phi) is 7.68. The summed E-state index contributed by atoms with van der Waals surface area (Å²) in [6.07, 6.45) is 4.16. The number of non-ortho nitro benzene ring substituents is 1. The molecule has 0 aliphatic heterocycles. The Bertz CT molecular complexity index is 1210. The van der Waals surface area contributed by atoms with E-state index in [0.717, 1.165) is 5.56 Å². The van der Waals surface area contributed by atoms with Crippen molar-refractivity contribution in [1.82, 2.24) is 10.7 Å². The zero-order valence-corrected chi connectivity index (χ0v) is 17.6. The van der Waals surface area contributed by atoms with Crippen molar-refractivity contribution in [3.8, 4) is 17.1 Å². The van der Waals surface area contributed by atoms with E-state index in [9.17, 15) is 19.7 Å². The van der Waals surface area contributed by atoms with Gasteiger partial charge in [-0.05, 0) is 24.3 Å². The number of nitrogens with zero attached hydrogens (tertiary/aromatic N) is 2. The van der Waals surface area contributed by atoms with Gasteiger partial charge < -0.3 is 14.5 Å². The van der Waals surface area contributed by atoms with Crippen LogP contribution in [0, 0.1) is 10.1 Å². The first-order valence-electron chi connectivity index (χ1n) is 9.72. The summed E-state index contributed by atoms with van der Waals surface area (Å²) in [5.74, 6) is 0.393. The second-order valence-corrected chi connectivity index (χ2v) is 6.60. The minimum Gasteiger partial charge on any atom is -0.496 e. The number of carbonyl (C=O) groups is 2. The average Bonchev–Trinajstić information content (AvgIpc) is 3.30.